The smallest absolute Gasteiger partial charge is 0.263 e. The van der Waals surface area contributed by atoms with Gasteiger partial charge in [0, 0.05) is 32.0 Å². The Hall–Kier alpha value is -3.56. The van der Waals surface area contributed by atoms with Gasteiger partial charge in [-0.15, -0.1) is 6.42 Å². The second-order valence-corrected chi connectivity index (χ2v) is 11.1. The van der Waals surface area contributed by atoms with Crippen LogP contribution in [0.25, 0.3) is 22.0 Å². The molecule has 2 aromatic heterocycles. The van der Waals surface area contributed by atoms with Crippen molar-refractivity contribution in [1.29, 1.82) is 0 Å². The number of ether oxygens (including phenoxy) is 3. The van der Waals surface area contributed by atoms with Crippen molar-refractivity contribution in [2.45, 2.75) is 38.0 Å². The number of carbonyl (C=O) groups excluding carboxylic acids is 1. The summed E-state index contributed by atoms with van der Waals surface area (Å²) in [5.74, 6) is 4.08. The van der Waals surface area contributed by atoms with Gasteiger partial charge in [0.1, 0.15) is 18.1 Å². The molecule has 4 aromatic rings. The topological polar surface area (TPSA) is 83.6 Å². The molecular weight excluding hydrogens is 621 g/mol. The van der Waals surface area contributed by atoms with E-state index in [1.54, 1.807) is 15.8 Å². The fraction of sp³-hybridized carbons (Fsp3) is 0.367. The molecule has 0 radical (unpaired) electrons. The van der Waals surface area contributed by atoms with Gasteiger partial charge in [-0.05, 0) is 77.6 Å². The standard InChI is InChI=1S/C30H30IN5O4/c1-3-24-21-18-20(11-12-25(21)36(33-24)28-10-6-7-16-38-28)22-19-32-34(2)30(22)39-17-15-35-14-13-27(29(35)37)40-26-9-5-4-8-23(26)31/h1,4-5,8-9,11-12,18-19,27-28H,6-7,10,13-17H2,2H3/t27-,28?/m1/s1. The number of carbonyl (C=O) groups is 1. The van der Waals surface area contributed by atoms with Gasteiger partial charge in [0.15, 0.2) is 12.3 Å². The van der Waals surface area contributed by atoms with Crippen molar-refractivity contribution in [3.8, 4) is 35.1 Å². The zero-order valence-electron chi connectivity index (χ0n) is 22.3. The summed E-state index contributed by atoms with van der Waals surface area (Å²) in [6.07, 6.45) is 10.8. The lowest BCUT2D eigenvalue weighted by Crippen LogP contribution is -2.35. The third-order valence-corrected chi connectivity index (χ3v) is 8.31. The SMILES string of the molecule is C#Cc1nn(C2CCCCO2)c2ccc(-c3cnn(C)c3OCCN3CC[C@@H](Oc4ccccc4I)C3=O)cc12. The maximum Gasteiger partial charge on any atom is 0.263 e. The molecule has 2 atom stereocenters. The highest BCUT2D eigenvalue weighted by Crippen LogP contribution is 2.34. The minimum absolute atomic E-state index is 0.0142. The number of hydrogen-bond acceptors (Lipinski definition) is 6. The first-order chi connectivity index (χ1) is 19.5. The summed E-state index contributed by atoms with van der Waals surface area (Å²) < 4.78 is 22.8. The lowest BCUT2D eigenvalue weighted by Gasteiger charge is -2.23. The van der Waals surface area contributed by atoms with E-state index in [2.05, 4.69) is 38.7 Å². The van der Waals surface area contributed by atoms with Crippen LogP contribution in [0, 0.1) is 15.9 Å². The molecule has 2 aliphatic heterocycles. The second kappa shape index (κ2) is 11.5. The van der Waals surface area contributed by atoms with Gasteiger partial charge in [-0.3, -0.25) is 4.79 Å². The third kappa shape index (κ3) is 5.15. The van der Waals surface area contributed by atoms with Crippen molar-refractivity contribution in [3.05, 3.63) is 57.9 Å². The molecule has 40 heavy (non-hydrogen) atoms. The van der Waals surface area contributed by atoms with Gasteiger partial charge in [0.25, 0.3) is 5.91 Å². The van der Waals surface area contributed by atoms with Gasteiger partial charge < -0.3 is 19.1 Å². The first kappa shape index (κ1) is 26.7. The zero-order chi connectivity index (χ0) is 27.6. The first-order valence-corrected chi connectivity index (χ1v) is 14.6. The summed E-state index contributed by atoms with van der Waals surface area (Å²) in [6, 6.07) is 13.8. The zero-order valence-corrected chi connectivity index (χ0v) is 24.4. The Morgan fingerprint density at radius 1 is 1.20 bits per heavy atom. The van der Waals surface area contributed by atoms with E-state index in [0.29, 0.717) is 37.7 Å². The van der Waals surface area contributed by atoms with E-state index in [0.717, 1.165) is 57.2 Å². The van der Waals surface area contributed by atoms with Crippen molar-refractivity contribution in [2.75, 3.05) is 26.3 Å². The highest BCUT2D eigenvalue weighted by atomic mass is 127. The molecule has 1 amide bonds. The molecule has 0 saturated carbocycles. The Morgan fingerprint density at radius 3 is 2.88 bits per heavy atom. The van der Waals surface area contributed by atoms with Crippen LogP contribution in [-0.2, 0) is 16.6 Å². The summed E-state index contributed by atoms with van der Waals surface area (Å²) in [5.41, 5.74) is 3.32. The summed E-state index contributed by atoms with van der Waals surface area (Å²) in [7, 11) is 1.84. The quantitative estimate of drug-likeness (QED) is 0.202. The molecule has 0 N–H and O–H groups in total. The van der Waals surface area contributed by atoms with Gasteiger partial charge in [-0.1, -0.05) is 18.2 Å². The maximum absolute atomic E-state index is 13.0. The van der Waals surface area contributed by atoms with Gasteiger partial charge in [0.2, 0.25) is 5.88 Å². The molecule has 0 spiro atoms. The molecular formula is C30H30IN5O4. The van der Waals surface area contributed by atoms with E-state index in [-0.39, 0.29) is 12.1 Å². The number of terminal acetylenes is 1. The molecule has 2 fully saturated rings. The average molecular weight is 652 g/mol. The molecule has 4 heterocycles. The number of likely N-dealkylation sites (tertiary alicyclic amines) is 1. The number of aryl methyl sites for hydroxylation is 1. The molecule has 0 aliphatic carbocycles. The van der Waals surface area contributed by atoms with Gasteiger partial charge >= 0.3 is 0 Å². The molecule has 1 unspecified atom stereocenters. The molecule has 2 saturated heterocycles. The number of nitrogens with zero attached hydrogens (tertiary/aromatic N) is 5. The Morgan fingerprint density at radius 2 is 2.08 bits per heavy atom. The van der Waals surface area contributed by atoms with E-state index in [4.69, 9.17) is 20.6 Å². The lowest BCUT2D eigenvalue weighted by atomic mass is 10.1. The van der Waals surface area contributed by atoms with E-state index < -0.39 is 6.10 Å². The number of hydrogen-bond donors (Lipinski definition) is 0. The van der Waals surface area contributed by atoms with Gasteiger partial charge in [-0.25, -0.2) is 9.36 Å². The minimum atomic E-state index is -0.472. The molecule has 9 nitrogen and oxygen atoms in total. The second-order valence-electron chi connectivity index (χ2n) is 9.98. The lowest BCUT2D eigenvalue weighted by molar-refractivity contribution is -0.133. The van der Waals surface area contributed by atoms with E-state index in [9.17, 15) is 4.79 Å². The third-order valence-electron chi connectivity index (χ3n) is 7.42. The van der Waals surface area contributed by atoms with Crippen LogP contribution < -0.4 is 9.47 Å². The molecule has 2 aromatic carbocycles. The van der Waals surface area contributed by atoms with E-state index >= 15 is 0 Å². The van der Waals surface area contributed by atoms with Gasteiger partial charge in [0.05, 0.1) is 27.4 Å². The van der Waals surface area contributed by atoms with Crippen LogP contribution in [0.2, 0.25) is 0 Å². The molecule has 6 rings (SSSR count). The van der Waals surface area contributed by atoms with Crippen LogP contribution in [0.15, 0.2) is 48.7 Å². The van der Waals surface area contributed by atoms with Crippen LogP contribution >= 0.6 is 22.6 Å². The van der Waals surface area contributed by atoms with Crippen LogP contribution in [0.1, 0.15) is 37.6 Å². The van der Waals surface area contributed by atoms with Crippen molar-refractivity contribution >= 4 is 39.4 Å². The fourth-order valence-corrected chi connectivity index (χ4v) is 5.85. The Kier molecular flexibility index (Phi) is 7.67. The van der Waals surface area contributed by atoms with Crippen LogP contribution in [0.3, 0.4) is 0 Å². The predicted molar refractivity (Wildman–Crippen MR) is 159 cm³/mol. The summed E-state index contributed by atoms with van der Waals surface area (Å²) in [4.78, 5) is 14.8. The normalized spacial score (nSPS) is 19.2. The number of rotatable bonds is 8. The molecule has 2 aliphatic rings. The molecule has 10 heteroatoms. The maximum atomic E-state index is 13.0. The van der Waals surface area contributed by atoms with Crippen LogP contribution in [-0.4, -0.2) is 62.8 Å². The number of amides is 1. The number of para-hydroxylation sites is 1. The summed E-state index contributed by atoms with van der Waals surface area (Å²) in [5, 5.41) is 10.0. The number of aromatic nitrogens is 4. The highest BCUT2D eigenvalue weighted by molar-refractivity contribution is 14.1. The fourth-order valence-electron chi connectivity index (χ4n) is 5.33. The monoisotopic (exact) mass is 651 g/mol. The van der Waals surface area contributed by atoms with Crippen LogP contribution in [0.5, 0.6) is 11.6 Å². The van der Waals surface area contributed by atoms with Crippen molar-refractivity contribution < 1.29 is 19.0 Å². The summed E-state index contributed by atoms with van der Waals surface area (Å²) in [6.45, 7) is 2.16. The predicted octanol–water partition coefficient (Wildman–Crippen LogP) is 4.78. The van der Waals surface area contributed by atoms with E-state index in [1.807, 2.05) is 54.2 Å². The number of benzene rings is 2. The van der Waals surface area contributed by atoms with Gasteiger partial charge in [-0.2, -0.15) is 10.2 Å². The average Bonchev–Trinajstić information content (AvgIpc) is 3.65. The molecule has 0 bridgehead atoms. The number of fused-ring (bicyclic) bond motifs is 1. The van der Waals surface area contributed by atoms with Crippen molar-refractivity contribution in [1.82, 2.24) is 24.5 Å². The number of halogens is 1. The van der Waals surface area contributed by atoms with Crippen molar-refractivity contribution in [2.24, 2.45) is 7.05 Å². The van der Waals surface area contributed by atoms with Crippen LogP contribution in [0.4, 0.5) is 0 Å². The largest absolute Gasteiger partial charge is 0.479 e. The molecule has 206 valence electrons. The minimum Gasteiger partial charge on any atom is -0.479 e. The summed E-state index contributed by atoms with van der Waals surface area (Å²) >= 11 is 2.22. The first-order valence-electron chi connectivity index (χ1n) is 13.5. The van der Waals surface area contributed by atoms with E-state index in [1.165, 1.54) is 0 Å². The Balaban J connectivity index is 1.15. The van der Waals surface area contributed by atoms with Crippen molar-refractivity contribution in [3.63, 3.8) is 0 Å². The highest BCUT2D eigenvalue weighted by Gasteiger charge is 2.33. The Bertz CT molecular complexity index is 1580. The Labute approximate surface area is 246 Å².